The quantitative estimate of drug-likeness (QED) is 0.287. The number of hydrogen-bond donors (Lipinski definition) is 0. The lowest BCUT2D eigenvalue weighted by atomic mass is 10.5. The summed E-state index contributed by atoms with van der Waals surface area (Å²) in [5.74, 6) is 1.13. The lowest BCUT2D eigenvalue weighted by Crippen LogP contribution is -1.86. The second kappa shape index (κ2) is 3.60. The molecule has 7 heavy (non-hydrogen) atoms. The molecule has 0 saturated carbocycles. The van der Waals surface area contributed by atoms with E-state index in [0.29, 0.717) is 0 Å². The number of rotatable bonds is 0. The summed E-state index contributed by atoms with van der Waals surface area (Å²) in [7, 11) is 1.69. The molecule has 1 aliphatic heterocycles. The molecule has 0 unspecified atom stereocenters. The monoisotopic (exact) mass is 138 g/mol. The molecule has 42 valence electrons. The van der Waals surface area contributed by atoms with Gasteiger partial charge in [-0.05, 0) is 6.42 Å². The highest BCUT2D eigenvalue weighted by Gasteiger charge is 1.97. The first-order valence-electron chi connectivity index (χ1n) is 2.08. The summed E-state index contributed by atoms with van der Waals surface area (Å²) in [6, 6.07) is 0. The molecule has 0 radical (unpaired) electrons. The summed E-state index contributed by atoms with van der Waals surface area (Å²) in [5.41, 5.74) is 0. The molecule has 0 atom stereocenters. The van der Waals surface area contributed by atoms with Crippen molar-refractivity contribution in [1.29, 1.82) is 0 Å². The maximum absolute atomic E-state index is 4.64. The predicted molar refractivity (Wildman–Crippen MR) is 31.7 cm³/mol. The van der Waals surface area contributed by atoms with E-state index in [-0.39, 0.29) is 0 Å². The Hall–Kier alpha value is 0.620. The van der Waals surface area contributed by atoms with Gasteiger partial charge in [-0.25, -0.2) is 4.89 Å². The fraction of sp³-hybridized carbons (Fsp3) is 1.00. The van der Waals surface area contributed by atoms with Crippen LogP contribution in [0.5, 0.6) is 0 Å². The molecular weight excluding hydrogens is 132 g/mol. The minimum Gasteiger partial charge on any atom is -0.223 e. The lowest BCUT2D eigenvalue weighted by molar-refractivity contribution is -0.187. The molecule has 4 heteroatoms. The van der Waals surface area contributed by atoms with Gasteiger partial charge in [-0.2, -0.15) is 4.33 Å². The van der Waals surface area contributed by atoms with Gasteiger partial charge in [-0.15, -0.1) is 0 Å². The largest absolute Gasteiger partial charge is 0.223 e. The van der Waals surface area contributed by atoms with Crippen molar-refractivity contribution in [3.8, 4) is 0 Å². The molecule has 0 aromatic carbocycles. The Morgan fingerprint density at radius 3 is 3.43 bits per heavy atom. The van der Waals surface area contributed by atoms with Crippen LogP contribution in [0.4, 0.5) is 0 Å². The van der Waals surface area contributed by atoms with Crippen LogP contribution in [0.15, 0.2) is 0 Å². The van der Waals surface area contributed by atoms with E-state index >= 15 is 0 Å². The van der Waals surface area contributed by atoms with Crippen LogP contribution in [0.1, 0.15) is 6.42 Å². The highest BCUT2D eigenvalue weighted by molar-refractivity contribution is 8.74. The highest BCUT2D eigenvalue weighted by Crippen LogP contribution is 2.25. The molecule has 0 amide bonds. The van der Waals surface area contributed by atoms with Crippen molar-refractivity contribution in [3.63, 3.8) is 0 Å². The third kappa shape index (κ3) is 2.43. The van der Waals surface area contributed by atoms with Gasteiger partial charge < -0.3 is 0 Å². The Balaban J connectivity index is 2.04. The fourth-order valence-electron chi connectivity index (χ4n) is 0.284. The van der Waals surface area contributed by atoms with Gasteiger partial charge in [0, 0.05) is 5.75 Å². The van der Waals surface area contributed by atoms with Gasteiger partial charge in [-0.1, -0.05) is 10.8 Å². The Morgan fingerprint density at radius 2 is 2.43 bits per heavy atom. The Morgan fingerprint density at radius 1 is 1.43 bits per heavy atom. The van der Waals surface area contributed by atoms with Crippen LogP contribution in [0.3, 0.4) is 0 Å². The third-order valence-electron chi connectivity index (χ3n) is 0.579. The summed E-state index contributed by atoms with van der Waals surface area (Å²) in [6.45, 7) is 0.736. The maximum atomic E-state index is 4.64. The standard InChI is InChI=1S/C3H6O2S2/c1-2-4-5-7-6-3-1/h1-3H2. The van der Waals surface area contributed by atoms with E-state index < -0.39 is 0 Å². The van der Waals surface area contributed by atoms with E-state index in [1.54, 1.807) is 10.8 Å². The topological polar surface area (TPSA) is 18.5 Å². The Labute approximate surface area is 50.5 Å². The van der Waals surface area contributed by atoms with Crippen LogP contribution in [0, 0.1) is 0 Å². The van der Waals surface area contributed by atoms with Crippen LogP contribution >= 0.6 is 21.9 Å². The van der Waals surface area contributed by atoms with Crippen LogP contribution < -0.4 is 0 Å². The van der Waals surface area contributed by atoms with Crippen molar-refractivity contribution in [3.05, 3.63) is 0 Å². The molecule has 0 aliphatic carbocycles. The van der Waals surface area contributed by atoms with E-state index in [9.17, 15) is 0 Å². The first-order chi connectivity index (χ1) is 3.50. The summed E-state index contributed by atoms with van der Waals surface area (Å²) in [6.07, 6.45) is 1.09. The van der Waals surface area contributed by atoms with Crippen molar-refractivity contribution in [2.75, 3.05) is 12.4 Å². The minimum absolute atomic E-state index is 0.736. The molecule has 0 bridgehead atoms. The normalized spacial score (nSPS) is 24.0. The molecule has 1 rings (SSSR count). The molecule has 0 N–H and O–H groups in total. The molecule has 0 spiro atoms. The number of hydrogen-bond acceptors (Lipinski definition) is 4. The second-order valence-corrected chi connectivity index (χ2v) is 3.17. The second-order valence-electron chi connectivity index (χ2n) is 1.13. The molecule has 2 nitrogen and oxygen atoms in total. The first kappa shape index (κ1) is 5.75. The predicted octanol–water partition coefficient (Wildman–Crippen LogP) is 1.63. The zero-order valence-corrected chi connectivity index (χ0v) is 5.39. The molecule has 1 aliphatic rings. The summed E-state index contributed by atoms with van der Waals surface area (Å²) < 4.78 is 4.57. The van der Waals surface area contributed by atoms with Crippen LogP contribution in [0.25, 0.3) is 0 Å². The zero-order chi connectivity index (χ0) is 4.95. The van der Waals surface area contributed by atoms with E-state index in [2.05, 4.69) is 9.22 Å². The summed E-state index contributed by atoms with van der Waals surface area (Å²) in [4.78, 5) is 4.64. The molecule has 1 saturated heterocycles. The van der Waals surface area contributed by atoms with E-state index in [4.69, 9.17) is 0 Å². The Bertz CT molecular complexity index is 30.5. The summed E-state index contributed by atoms with van der Waals surface area (Å²) >= 11 is 1.31. The van der Waals surface area contributed by atoms with Crippen molar-refractivity contribution < 1.29 is 9.22 Å². The SMILES string of the molecule is C1COOSSC1. The van der Waals surface area contributed by atoms with Crippen LogP contribution in [-0.2, 0) is 9.22 Å². The highest BCUT2D eigenvalue weighted by atomic mass is 33.1. The van der Waals surface area contributed by atoms with Crippen molar-refractivity contribution in [1.82, 2.24) is 0 Å². The first-order valence-corrected chi connectivity index (χ1v) is 4.32. The third-order valence-corrected chi connectivity index (χ3v) is 2.24. The van der Waals surface area contributed by atoms with Crippen molar-refractivity contribution >= 4 is 21.9 Å². The molecule has 1 fully saturated rings. The van der Waals surface area contributed by atoms with Gasteiger partial charge in [0.15, 0.2) is 0 Å². The summed E-state index contributed by atoms with van der Waals surface area (Å²) in [5, 5.41) is 0. The fourth-order valence-corrected chi connectivity index (χ4v) is 1.53. The van der Waals surface area contributed by atoms with Gasteiger partial charge in [0.05, 0.1) is 6.61 Å². The molecular formula is C3H6O2S2. The smallest absolute Gasteiger partial charge is 0.102 e. The van der Waals surface area contributed by atoms with Gasteiger partial charge >= 0.3 is 0 Å². The Kier molecular flexibility index (Phi) is 2.96. The van der Waals surface area contributed by atoms with E-state index in [1.165, 1.54) is 11.1 Å². The molecule has 1 heterocycles. The van der Waals surface area contributed by atoms with Crippen LogP contribution in [-0.4, -0.2) is 12.4 Å². The zero-order valence-electron chi connectivity index (χ0n) is 3.75. The van der Waals surface area contributed by atoms with E-state index in [1.807, 2.05) is 0 Å². The average molecular weight is 138 g/mol. The minimum atomic E-state index is 0.736. The maximum Gasteiger partial charge on any atom is 0.102 e. The van der Waals surface area contributed by atoms with Crippen molar-refractivity contribution in [2.24, 2.45) is 0 Å². The van der Waals surface area contributed by atoms with Crippen molar-refractivity contribution in [2.45, 2.75) is 6.42 Å². The molecule has 0 aromatic heterocycles. The average Bonchev–Trinajstić information content (AvgIpc) is 1.90. The molecule has 0 aromatic rings. The van der Waals surface area contributed by atoms with Gasteiger partial charge in [0.25, 0.3) is 0 Å². The van der Waals surface area contributed by atoms with Gasteiger partial charge in [-0.3, -0.25) is 0 Å². The lowest BCUT2D eigenvalue weighted by Gasteiger charge is -1.88. The van der Waals surface area contributed by atoms with Gasteiger partial charge in [0.1, 0.15) is 11.1 Å². The van der Waals surface area contributed by atoms with Crippen LogP contribution in [0.2, 0.25) is 0 Å². The van der Waals surface area contributed by atoms with Gasteiger partial charge in [0.2, 0.25) is 0 Å². The van der Waals surface area contributed by atoms with E-state index in [0.717, 1.165) is 18.8 Å².